The van der Waals surface area contributed by atoms with Gasteiger partial charge in [-0.25, -0.2) is 9.59 Å². The molecule has 0 fully saturated rings. The summed E-state index contributed by atoms with van der Waals surface area (Å²) in [7, 11) is 1.69. The van der Waals surface area contributed by atoms with Crippen LogP contribution in [0.1, 0.15) is 15.9 Å². The Balaban J connectivity index is 2.39. The molecule has 0 aromatic heterocycles. The first kappa shape index (κ1) is 14.8. The molecular weight excluding hydrogens is 244 g/mol. The standard InChI is InChI=1S/C14H18N2O3/c1-3-10-16(2)14(19)15-9-8-11-4-6-12(7-5-11)13(17)18/h3-7H,1,8-10H2,2H3,(H,15,19)(H,17,18). The van der Waals surface area contributed by atoms with Gasteiger partial charge in [0, 0.05) is 20.1 Å². The van der Waals surface area contributed by atoms with Crippen molar-refractivity contribution in [2.24, 2.45) is 0 Å². The maximum atomic E-state index is 11.6. The first-order valence-electron chi connectivity index (χ1n) is 5.96. The molecule has 0 spiro atoms. The molecule has 0 aliphatic rings. The molecule has 102 valence electrons. The number of hydrogen-bond acceptors (Lipinski definition) is 2. The van der Waals surface area contributed by atoms with Gasteiger partial charge >= 0.3 is 12.0 Å². The van der Waals surface area contributed by atoms with Crippen molar-refractivity contribution >= 4 is 12.0 Å². The zero-order valence-electron chi connectivity index (χ0n) is 10.9. The van der Waals surface area contributed by atoms with Crippen LogP contribution in [0.15, 0.2) is 36.9 Å². The number of rotatable bonds is 6. The van der Waals surface area contributed by atoms with Gasteiger partial charge in [-0.1, -0.05) is 18.2 Å². The van der Waals surface area contributed by atoms with Crippen LogP contribution in [0.5, 0.6) is 0 Å². The molecule has 0 aliphatic carbocycles. The van der Waals surface area contributed by atoms with Gasteiger partial charge in [0.25, 0.3) is 0 Å². The first-order chi connectivity index (χ1) is 9.04. The summed E-state index contributed by atoms with van der Waals surface area (Å²) in [5.74, 6) is -0.939. The average Bonchev–Trinajstić information content (AvgIpc) is 2.39. The van der Waals surface area contributed by atoms with Gasteiger partial charge in [0.05, 0.1) is 5.56 Å². The van der Waals surface area contributed by atoms with Gasteiger partial charge in [-0.2, -0.15) is 0 Å². The summed E-state index contributed by atoms with van der Waals surface area (Å²) in [5, 5.41) is 11.5. The minimum absolute atomic E-state index is 0.151. The normalized spacial score (nSPS) is 9.74. The molecule has 0 bridgehead atoms. The minimum atomic E-state index is -0.939. The van der Waals surface area contributed by atoms with Crippen molar-refractivity contribution in [3.05, 3.63) is 48.0 Å². The molecule has 0 unspecified atom stereocenters. The number of urea groups is 1. The number of nitrogens with one attached hydrogen (secondary N) is 1. The first-order valence-corrected chi connectivity index (χ1v) is 5.96. The molecule has 0 atom stereocenters. The topological polar surface area (TPSA) is 69.6 Å². The van der Waals surface area contributed by atoms with E-state index in [0.29, 0.717) is 19.5 Å². The van der Waals surface area contributed by atoms with E-state index in [9.17, 15) is 9.59 Å². The summed E-state index contributed by atoms with van der Waals surface area (Å²) >= 11 is 0. The van der Waals surface area contributed by atoms with E-state index in [1.165, 1.54) is 4.90 Å². The highest BCUT2D eigenvalue weighted by molar-refractivity contribution is 5.87. The van der Waals surface area contributed by atoms with Crippen LogP contribution < -0.4 is 5.32 Å². The fourth-order valence-corrected chi connectivity index (χ4v) is 1.54. The SMILES string of the molecule is C=CCN(C)C(=O)NCCc1ccc(C(=O)O)cc1. The Hall–Kier alpha value is -2.30. The van der Waals surface area contributed by atoms with Crippen molar-refractivity contribution < 1.29 is 14.7 Å². The number of carboxylic acid groups (broad SMARTS) is 1. The Kier molecular flexibility index (Phi) is 5.60. The lowest BCUT2D eigenvalue weighted by Crippen LogP contribution is -2.38. The van der Waals surface area contributed by atoms with Crippen molar-refractivity contribution in [2.75, 3.05) is 20.1 Å². The van der Waals surface area contributed by atoms with Crippen LogP contribution in [0.4, 0.5) is 4.79 Å². The number of benzene rings is 1. The molecular formula is C14H18N2O3. The van der Waals surface area contributed by atoms with E-state index in [1.54, 1.807) is 37.4 Å². The molecule has 0 radical (unpaired) electrons. The van der Waals surface area contributed by atoms with Crippen LogP contribution in [0, 0.1) is 0 Å². The third-order valence-corrected chi connectivity index (χ3v) is 2.64. The van der Waals surface area contributed by atoms with Gasteiger partial charge in [-0.05, 0) is 24.1 Å². The third kappa shape index (κ3) is 4.83. The summed E-state index contributed by atoms with van der Waals surface area (Å²) in [5.41, 5.74) is 1.25. The molecule has 0 saturated carbocycles. The Bertz CT molecular complexity index is 454. The van der Waals surface area contributed by atoms with Crippen LogP contribution in [0.3, 0.4) is 0 Å². The van der Waals surface area contributed by atoms with Crippen LogP contribution in [-0.2, 0) is 6.42 Å². The van der Waals surface area contributed by atoms with Gasteiger partial charge in [-0.3, -0.25) is 0 Å². The quantitative estimate of drug-likeness (QED) is 0.767. The molecule has 2 N–H and O–H groups in total. The second kappa shape index (κ2) is 7.20. The summed E-state index contributed by atoms with van der Waals surface area (Å²) in [6.45, 7) is 4.57. The highest BCUT2D eigenvalue weighted by Gasteiger charge is 2.05. The molecule has 0 heterocycles. The molecule has 1 rings (SSSR count). The molecule has 5 heteroatoms. The molecule has 0 aliphatic heterocycles. The van der Waals surface area contributed by atoms with Crippen LogP contribution in [0.2, 0.25) is 0 Å². The predicted molar refractivity (Wildman–Crippen MR) is 73.3 cm³/mol. The van der Waals surface area contributed by atoms with Crippen molar-refractivity contribution in [2.45, 2.75) is 6.42 Å². The Morgan fingerprint density at radius 3 is 2.53 bits per heavy atom. The number of carboxylic acids is 1. The zero-order chi connectivity index (χ0) is 14.3. The Labute approximate surface area is 112 Å². The fourth-order valence-electron chi connectivity index (χ4n) is 1.54. The number of carbonyl (C=O) groups excluding carboxylic acids is 1. The number of carbonyl (C=O) groups is 2. The number of nitrogens with zero attached hydrogens (tertiary/aromatic N) is 1. The number of hydrogen-bond donors (Lipinski definition) is 2. The van der Waals surface area contributed by atoms with Gasteiger partial charge in [0.15, 0.2) is 0 Å². The lowest BCUT2D eigenvalue weighted by atomic mass is 10.1. The average molecular weight is 262 g/mol. The van der Waals surface area contributed by atoms with Crippen LogP contribution >= 0.6 is 0 Å². The predicted octanol–water partition coefficient (Wildman–Crippen LogP) is 1.75. The zero-order valence-corrected chi connectivity index (χ0v) is 10.9. The maximum Gasteiger partial charge on any atom is 0.335 e. The lowest BCUT2D eigenvalue weighted by molar-refractivity contribution is 0.0697. The third-order valence-electron chi connectivity index (χ3n) is 2.64. The minimum Gasteiger partial charge on any atom is -0.478 e. The van der Waals surface area contributed by atoms with E-state index >= 15 is 0 Å². The largest absolute Gasteiger partial charge is 0.478 e. The van der Waals surface area contributed by atoms with E-state index in [2.05, 4.69) is 11.9 Å². The second-order valence-electron chi connectivity index (χ2n) is 4.15. The Morgan fingerprint density at radius 1 is 1.37 bits per heavy atom. The summed E-state index contributed by atoms with van der Waals surface area (Å²) in [4.78, 5) is 23.8. The second-order valence-corrected chi connectivity index (χ2v) is 4.15. The summed E-state index contributed by atoms with van der Waals surface area (Å²) in [6.07, 6.45) is 2.32. The van der Waals surface area contributed by atoms with E-state index < -0.39 is 5.97 Å². The van der Waals surface area contributed by atoms with Crippen molar-refractivity contribution in [3.8, 4) is 0 Å². The molecule has 1 aromatic rings. The monoisotopic (exact) mass is 262 g/mol. The number of amides is 2. The molecule has 2 amide bonds. The van der Waals surface area contributed by atoms with Gasteiger partial charge < -0.3 is 15.3 Å². The Morgan fingerprint density at radius 2 is 2.00 bits per heavy atom. The summed E-state index contributed by atoms with van der Waals surface area (Å²) < 4.78 is 0. The molecule has 5 nitrogen and oxygen atoms in total. The highest BCUT2D eigenvalue weighted by Crippen LogP contribution is 2.04. The van der Waals surface area contributed by atoms with E-state index in [1.807, 2.05) is 0 Å². The summed E-state index contributed by atoms with van der Waals surface area (Å²) in [6, 6.07) is 6.47. The lowest BCUT2D eigenvalue weighted by Gasteiger charge is -2.15. The molecule has 1 aromatic carbocycles. The van der Waals surface area contributed by atoms with E-state index in [0.717, 1.165) is 5.56 Å². The smallest absolute Gasteiger partial charge is 0.335 e. The number of likely N-dealkylation sites (N-methyl/N-ethyl adjacent to an activating group) is 1. The van der Waals surface area contributed by atoms with Gasteiger partial charge in [0.2, 0.25) is 0 Å². The van der Waals surface area contributed by atoms with E-state index in [-0.39, 0.29) is 11.6 Å². The van der Waals surface area contributed by atoms with Crippen LogP contribution in [0.25, 0.3) is 0 Å². The van der Waals surface area contributed by atoms with Crippen molar-refractivity contribution in [1.82, 2.24) is 10.2 Å². The fraction of sp³-hybridized carbons (Fsp3) is 0.286. The van der Waals surface area contributed by atoms with Gasteiger partial charge in [0.1, 0.15) is 0 Å². The van der Waals surface area contributed by atoms with Crippen molar-refractivity contribution in [3.63, 3.8) is 0 Å². The number of aromatic carboxylic acids is 1. The van der Waals surface area contributed by atoms with Gasteiger partial charge in [-0.15, -0.1) is 6.58 Å². The van der Waals surface area contributed by atoms with Crippen molar-refractivity contribution in [1.29, 1.82) is 0 Å². The molecule has 19 heavy (non-hydrogen) atoms. The van der Waals surface area contributed by atoms with Crippen LogP contribution in [-0.4, -0.2) is 42.1 Å². The van der Waals surface area contributed by atoms with E-state index in [4.69, 9.17) is 5.11 Å². The maximum absolute atomic E-state index is 11.6. The molecule has 0 saturated heterocycles. The highest BCUT2D eigenvalue weighted by atomic mass is 16.4.